The van der Waals surface area contributed by atoms with Gasteiger partial charge in [0.15, 0.2) is 0 Å². The highest BCUT2D eigenvalue weighted by Gasteiger charge is 2.35. The molecule has 1 atom stereocenters. The number of benzene rings is 1. The number of sulfonamides is 1. The SMILES string of the molecule is C[C@H]1CN(S(=O)(=O)Cc2cccc(F)c2)CCN1C(=O)OC(C)(C)C. The summed E-state index contributed by atoms with van der Waals surface area (Å²) in [5, 5.41) is 0. The lowest BCUT2D eigenvalue weighted by Crippen LogP contribution is -2.56. The van der Waals surface area contributed by atoms with Gasteiger partial charge in [0.25, 0.3) is 0 Å². The van der Waals surface area contributed by atoms with Gasteiger partial charge in [-0.05, 0) is 45.4 Å². The van der Waals surface area contributed by atoms with Gasteiger partial charge in [-0.25, -0.2) is 17.6 Å². The van der Waals surface area contributed by atoms with Gasteiger partial charge in [0, 0.05) is 25.7 Å². The first kappa shape index (κ1) is 19.7. The van der Waals surface area contributed by atoms with E-state index in [1.807, 2.05) is 0 Å². The van der Waals surface area contributed by atoms with Crippen molar-refractivity contribution in [2.45, 2.75) is 45.1 Å². The first-order chi connectivity index (χ1) is 11.5. The number of hydrogen-bond donors (Lipinski definition) is 0. The van der Waals surface area contributed by atoms with Crippen LogP contribution < -0.4 is 0 Å². The highest BCUT2D eigenvalue weighted by atomic mass is 32.2. The molecule has 0 radical (unpaired) electrons. The van der Waals surface area contributed by atoms with E-state index in [9.17, 15) is 17.6 Å². The second kappa shape index (κ2) is 7.29. The first-order valence-corrected chi connectivity index (χ1v) is 9.81. The third kappa shape index (κ3) is 5.40. The molecule has 2 rings (SSSR count). The van der Waals surface area contributed by atoms with Crippen LogP contribution in [0.25, 0.3) is 0 Å². The minimum absolute atomic E-state index is 0.191. The van der Waals surface area contributed by atoms with Crippen molar-refractivity contribution < 1.29 is 22.3 Å². The Labute approximate surface area is 148 Å². The molecule has 0 aromatic heterocycles. The van der Waals surface area contributed by atoms with Crippen LogP contribution in [0.1, 0.15) is 33.3 Å². The maximum atomic E-state index is 13.3. The number of nitrogens with zero attached hydrogens (tertiary/aromatic N) is 2. The molecule has 0 unspecified atom stereocenters. The van der Waals surface area contributed by atoms with Crippen LogP contribution in [0.15, 0.2) is 24.3 Å². The number of carbonyl (C=O) groups is 1. The van der Waals surface area contributed by atoms with Gasteiger partial charge < -0.3 is 9.64 Å². The topological polar surface area (TPSA) is 66.9 Å². The Kier molecular flexibility index (Phi) is 5.73. The largest absolute Gasteiger partial charge is 0.444 e. The summed E-state index contributed by atoms with van der Waals surface area (Å²) in [6, 6.07) is 5.27. The molecule has 25 heavy (non-hydrogen) atoms. The molecule has 0 N–H and O–H groups in total. The first-order valence-electron chi connectivity index (χ1n) is 8.20. The molecule has 1 aromatic carbocycles. The van der Waals surface area contributed by atoms with Crippen LogP contribution in [0, 0.1) is 5.82 Å². The van der Waals surface area contributed by atoms with E-state index >= 15 is 0 Å². The van der Waals surface area contributed by atoms with Crippen molar-refractivity contribution in [2.75, 3.05) is 19.6 Å². The standard InChI is InChI=1S/C17H25FN2O4S/c1-13-11-19(8-9-20(13)16(21)24-17(2,3)4)25(22,23)12-14-6-5-7-15(18)10-14/h5-7,10,13H,8-9,11-12H2,1-4H3/t13-/m0/s1. The lowest BCUT2D eigenvalue weighted by Gasteiger charge is -2.39. The number of carbonyl (C=O) groups excluding carboxylic acids is 1. The highest BCUT2D eigenvalue weighted by Crippen LogP contribution is 2.19. The van der Waals surface area contributed by atoms with Crippen molar-refractivity contribution >= 4 is 16.1 Å². The second-order valence-corrected chi connectivity index (χ2v) is 9.24. The van der Waals surface area contributed by atoms with Gasteiger partial charge in [0.1, 0.15) is 11.4 Å². The molecule has 1 fully saturated rings. The Morgan fingerprint density at radius 3 is 2.56 bits per heavy atom. The molecule has 1 saturated heterocycles. The molecule has 0 spiro atoms. The van der Waals surface area contributed by atoms with Crippen LogP contribution in [-0.4, -0.2) is 55.0 Å². The number of amides is 1. The van der Waals surface area contributed by atoms with Crippen molar-refractivity contribution in [3.8, 4) is 0 Å². The Balaban J connectivity index is 2.03. The molecule has 1 aromatic rings. The predicted molar refractivity (Wildman–Crippen MR) is 93.0 cm³/mol. The van der Waals surface area contributed by atoms with Crippen molar-refractivity contribution in [2.24, 2.45) is 0 Å². The number of halogens is 1. The van der Waals surface area contributed by atoms with Gasteiger partial charge in [-0.2, -0.15) is 4.31 Å². The zero-order valence-corrected chi connectivity index (χ0v) is 15.8. The summed E-state index contributed by atoms with van der Waals surface area (Å²) in [7, 11) is -3.58. The van der Waals surface area contributed by atoms with E-state index in [0.29, 0.717) is 5.56 Å². The molecule has 140 valence electrons. The summed E-state index contributed by atoms with van der Waals surface area (Å²) in [5.74, 6) is -0.722. The van der Waals surface area contributed by atoms with Crippen LogP contribution in [0.5, 0.6) is 0 Å². The normalized spacial score (nSPS) is 19.7. The summed E-state index contributed by atoms with van der Waals surface area (Å²) >= 11 is 0. The van der Waals surface area contributed by atoms with Gasteiger partial charge >= 0.3 is 6.09 Å². The molecule has 8 heteroatoms. The Morgan fingerprint density at radius 2 is 2.00 bits per heavy atom. The molecular weight excluding hydrogens is 347 g/mol. The van der Waals surface area contributed by atoms with Crippen LogP contribution in [0.2, 0.25) is 0 Å². The monoisotopic (exact) mass is 372 g/mol. The van der Waals surface area contributed by atoms with Crippen molar-refractivity contribution in [3.05, 3.63) is 35.6 Å². The third-order valence-corrected chi connectivity index (χ3v) is 5.67. The quantitative estimate of drug-likeness (QED) is 0.818. The fourth-order valence-electron chi connectivity index (χ4n) is 2.70. The molecular formula is C17H25FN2O4S. The number of ether oxygens (including phenoxy) is 1. The van der Waals surface area contributed by atoms with E-state index in [2.05, 4.69) is 0 Å². The van der Waals surface area contributed by atoms with Crippen molar-refractivity contribution in [1.29, 1.82) is 0 Å². The molecule has 1 amide bonds. The summed E-state index contributed by atoms with van der Waals surface area (Å²) in [6.07, 6.45) is -0.442. The van der Waals surface area contributed by atoms with Crippen LogP contribution in [0.4, 0.5) is 9.18 Å². The number of hydrogen-bond acceptors (Lipinski definition) is 4. The van der Waals surface area contributed by atoms with Crippen LogP contribution in [-0.2, 0) is 20.5 Å². The Morgan fingerprint density at radius 1 is 1.32 bits per heavy atom. The van der Waals surface area contributed by atoms with Crippen molar-refractivity contribution in [1.82, 2.24) is 9.21 Å². The maximum absolute atomic E-state index is 13.3. The summed E-state index contributed by atoms with van der Waals surface area (Å²) < 4.78 is 45.1. The van der Waals surface area contributed by atoms with E-state index in [1.54, 1.807) is 38.7 Å². The Bertz CT molecular complexity index is 730. The molecule has 0 aliphatic carbocycles. The van der Waals surface area contributed by atoms with E-state index in [1.165, 1.54) is 22.5 Å². The van der Waals surface area contributed by atoms with E-state index in [-0.39, 0.29) is 31.4 Å². The molecule has 6 nitrogen and oxygen atoms in total. The van der Waals surface area contributed by atoms with Gasteiger partial charge in [-0.3, -0.25) is 0 Å². The zero-order valence-electron chi connectivity index (χ0n) is 15.0. The summed E-state index contributed by atoms with van der Waals surface area (Å²) in [4.78, 5) is 13.7. The molecule has 0 saturated carbocycles. The number of rotatable bonds is 3. The zero-order chi connectivity index (χ0) is 18.8. The minimum Gasteiger partial charge on any atom is -0.444 e. The molecule has 0 bridgehead atoms. The molecule has 1 aliphatic rings. The molecule has 1 aliphatic heterocycles. The van der Waals surface area contributed by atoms with Crippen LogP contribution >= 0.6 is 0 Å². The highest BCUT2D eigenvalue weighted by molar-refractivity contribution is 7.88. The van der Waals surface area contributed by atoms with Gasteiger partial charge in [-0.15, -0.1) is 0 Å². The second-order valence-electron chi connectivity index (χ2n) is 7.27. The average molecular weight is 372 g/mol. The summed E-state index contributed by atoms with van der Waals surface area (Å²) in [6.45, 7) is 7.80. The Hall–Kier alpha value is -1.67. The maximum Gasteiger partial charge on any atom is 0.410 e. The van der Waals surface area contributed by atoms with Gasteiger partial charge in [-0.1, -0.05) is 12.1 Å². The fraction of sp³-hybridized carbons (Fsp3) is 0.588. The molecule has 1 heterocycles. The smallest absolute Gasteiger partial charge is 0.410 e. The van der Waals surface area contributed by atoms with Crippen LogP contribution in [0.3, 0.4) is 0 Å². The third-order valence-electron chi connectivity index (χ3n) is 3.85. The average Bonchev–Trinajstić information content (AvgIpc) is 2.44. The lowest BCUT2D eigenvalue weighted by atomic mass is 10.2. The van der Waals surface area contributed by atoms with E-state index in [4.69, 9.17) is 4.74 Å². The van der Waals surface area contributed by atoms with Crippen molar-refractivity contribution in [3.63, 3.8) is 0 Å². The number of piperazine rings is 1. The lowest BCUT2D eigenvalue weighted by molar-refractivity contribution is 0.00857. The van der Waals surface area contributed by atoms with E-state index in [0.717, 1.165) is 0 Å². The minimum atomic E-state index is -3.58. The summed E-state index contributed by atoms with van der Waals surface area (Å²) in [5.41, 5.74) is -0.195. The fourth-order valence-corrected chi connectivity index (χ4v) is 4.28. The van der Waals surface area contributed by atoms with Gasteiger partial charge in [0.05, 0.1) is 5.75 Å². The van der Waals surface area contributed by atoms with Gasteiger partial charge in [0.2, 0.25) is 10.0 Å². The predicted octanol–water partition coefficient (Wildman–Crippen LogP) is 2.60. The van der Waals surface area contributed by atoms with E-state index < -0.39 is 27.5 Å².